The molecule has 2 aliphatic rings. The summed E-state index contributed by atoms with van der Waals surface area (Å²) >= 11 is 0. The molecule has 212 valence electrons. The molecule has 1 saturated carbocycles. The number of aryl methyl sites for hydroxylation is 1. The number of benzene rings is 2. The van der Waals surface area contributed by atoms with Crippen LogP contribution in [0.5, 0.6) is 11.6 Å². The summed E-state index contributed by atoms with van der Waals surface area (Å²) in [6, 6.07) is 12.8. The summed E-state index contributed by atoms with van der Waals surface area (Å²) < 4.78 is 55.1. The highest BCUT2D eigenvalue weighted by Gasteiger charge is 2.39. The number of carboxylic acid groups (broad SMARTS) is 1. The van der Waals surface area contributed by atoms with Crippen molar-refractivity contribution in [1.29, 1.82) is 0 Å². The van der Waals surface area contributed by atoms with Crippen LogP contribution in [0.25, 0.3) is 11.1 Å². The lowest BCUT2D eigenvalue weighted by atomic mass is 9.82. The molecule has 0 saturated heterocycles. The molecule has 0 bridgehead atoms. The Morgan fingerprint density at radius 3 is 2.60 bits per heavy atom. The van der Waals surface area contributed by atoms with Gasteiger partial charge in [0.1, 0.15) is 17.7 Å². The molecule has 1 fully saturated rings. The number of hydrogen-bond acceptors (Lipinski definition) is 7. The van der Waals surface area contributed by atoms with E-state index in [1.165, 1.54) is 13.2 Å². The minimum absolute atomic E-state index is 0.0712. The van der Waals surface area contributed by atoms with E-state index in [1.807, 2.05) is 24.3 Å². The third-order valence-electron chi connectivity index (χ3n) is 7.74. The van der Waals surface area contributed by atoms with E-state index in [-0.39, 0.29) is 30.1 Å². The molecule has 1 N–H and O–H groups in total. The lowest BCUT2D eigenvalue weighted by molar-refractivity contribution is -0.142. The molecule has 10 heteroatoms. The molecule has 8 nitrogen and oxygen atoms in total. The second-order valence-corrected chi connectivity index (χ2v) is 12.2. The third-order valence-corrected chi connectivity index (χ3v) is 8.28. The molecule has 3 atom stereocenters. The Labute approximate surface area is 233 Å². The Morgan fingerprint density at radius 2 is 1.93 bits per heavy atom. The fraction of sp³-hybridized carbons (Fsp3) is 0.400. The summed E-state index contributed by atoms with van der Waals surface area (Å²) in [7, 11) is -2.32. The number of pyridine rings is 1. The van der Waals surface area contributed by atoms with Gasteiger partial charge in [0.2, 0.25) is 5.88 Å². The van der Waals surface area contributed by atoms with E-state index in [1.54, 1.807) is 19.1 Å². The first-order valence-electron chi connectivity index (χ1n) is 13.2. The maximum absolute atomic E-state index is 14.8. The summed E-state index contributed by atoms with van der Waals surface area (Å²) in [5.74, 6) is -0.646. The van der Waals surface area contributed by atoms with Gasteiger partial charge in [-0.3, -0.25) is 8.98 Å². The van der Waals surface area contributed by atoms with E-state index in [4.69, 9.17) is 13.7 Å². The number of ether oxygens (including phenoxy) is 2. The number of hydrogen-bond donors (Lipinski definition) is 1. The predicted octanol–water partition coefficient (Wildman–Crippen LogP) is 5.65. The smallest absolute Gasteiger partial charge is 0.306 e. The summed E-state index contributed by atoms with van der Waals surface area (Å²) in [6.45, 7) is 1.48. The largest absolute Gasteiger partial charge is 0.485 e. The topological polar surface area (TPSA) is 112 Å². The number of rotatable bonds is 10. The van der Waals surface area contributed by atoms with Crippen LogP contribution in [-0.4, -0.2) is 37.8 Å². The van der Waals surface area contributed by atoms with Crippen LogP contribution in [0.15, 0.2) is 48.7 Å². The SMILES string of the molecule is COc1cc(-c2ccc(C3CCc4ccc([C@H](C5CC5)[C@H](C)C(=O)O)cc4O3)cc2COS(C)(=O)=O)c(F)cn1. The number of fused-ring (bicyclic) bond motifs is 1. The summed E-state index contributed by atoms with van der Waals surface area (Å²) in [6.07, 6.45) is 5.19. The molecule has 5 rings (SSSR count). The van der Waals surface area contributed by atoms with Gasteiger partial charge in [-0.05, 0) is 77.5 Å². The average molecular weight is 570 g/mol. The van der Waals surface area contributed by atoms with Crippen molar-refractivity contribution in [2.45, 2.75) is 51.2 Å². The second kappa shape index (κ2) is 11.2. The van der Waals surface area contributed by atoms with Crippen LogP contribution in [0, 0.1) is 17.7 Å². The fourth-order valence-corrected chi connectivity index (χ4v) is 5.85. The van der Waals surface area contributed by atoms with Crippen LogP contribution in [0.1, 0.15) is 60.5 Å². The lowest BCUT2D eigenvalue weighted by Gasteiger charge is -2.29. The zero-order valence-electron chi connectivity index (χ0n) is 22.6. The minimum Gasteiger partial charge on any atom is -0.485 e. The summed E-state index contributed by atoms with van der Waals surface area (Å²) in [5.41, 5.74) is 3.97. The van der Waals surface area contributed by atoms with Crippen molar-refractivity contribution < 1.29 is 36.4 Å². The van der Waals surface area contributed by atoms with Gasteiger partial charge in [-0.25, -0.2) is 9.37 Å². The minimum atomic E-state index is -3.75. The highest BCUT2D eigenvalue weighted by Crippen LogP contribution is 2.48. The van der Waals surface area contributed by atoms with Gasteiger partial charge in [0.05, 0.1) is 32.1 Å². The van der Waals surface area contributed by atoms with E-state index in [2.05, 4.69) is 4.98 Å². The van der Waals surface area contributed by atoms with Gasteiger partial charge in [0.15, 0.2) is 0 Å². The van der Waals surface area contributed by atoms with Crippen LogP contribution in [0.4, 0.5) is 4.39 Å². The van der Waals surface area contributed by atoms with E-state index >= 15 is 0 Å². The number of carboxylic acids is 1. The molecule has 0 spiro atoms. The molecular formula is C30H32FNO7S. The Morgan fingerprint density at radius 1 is 1.15 bits per heavy atom. The number of nitrogens with zero attached hydrogens (tertiary/aromatic N) is 1. The summed E-state index contributed by atoms with van der Waals surface area (Å²) in [4.78, 5) is 15.7. The molecule has 1 aromatic heterocycles. The summed E-state index contributed by atoms with van der Waals surface area (Å²) in [5, 5.41) is 9.68. The van der Waals surface area contributed by atoms with E-state index in [0.717, 1.165) is 54.2 Å². The van der Waals surface area contributed by atoms with Crippen molar-refractivity contribution in [1.82, 2.24) is 4.98 Å². The molecule has 1 aliphatic carbocycles. The van der Waals surface area contributed by atoms with Crippen molar-refractivity contribution in [2.75, 3.05) is 13.4 Å². The first kappa shape index (κ1) is 28.0. The van der Waals surface area contributed by atoms with Crippen molar-refractivity contribution >= 4 is 16.1 Å². The van der Waals surface area contributed by atoms with Gasteiger partial charge in [0.25, 0.3) is 10.1 Å². The number of aliphatic carboxylic acids is 1. The zero-order valence-corrected chi connectivity index (χ0v) is 23.4. The normalized spacial score (nSPS) is 18.4. The fourth-order valence-electron chi connectivity index (χ4n) is 5.51. The first-order valence-corrected chi connectivity index (χ1v) is 15.0. The average Bonchev–Trinajstić information content (AvgIpc) is 3.76. The molecular weight excluding hydrogens is 537 g/mol. The van der Waals surface area contributed by atoms with E-state index in [9.17, 15) is 22.7 Å². The third kappa shape index (κ3) is 6.13. The Kier molecular flexibility index (Phi) is 7.83. The van der Waals surface area contributed by atoms with Crippen LogP contribution in [-0.2, 0) is 32.1 Å². The van der Waals surface area contributed by atoms with Crippen LogP contribution in [0.3, 0.4) is 0 Å². The molecule has 0 amide bonds. The Balaban J connectivity index is 1.47. The van der Waals surface area contributed by atoms with Crippen LogP contribution in [0.2, 0.25) is 0 Å². The van der Waals surface area contributed by atoms with E-state index < -0.39 is 27.8 Å². The molecule has 1 aliphatic heterocycles. The second-order valence-electron chi connectivity index (χ2n) is 10.6. The van der Waals surface area contributed by atoms with Crippen molar-refractivity contribution in [3.63, 3.8) is 0 Å². The standard InChI is InChI=1S/C30H32FNO7S/c1-17(30(33)34)29(19-5-6-19)21-7-4-18-9-11-26(39-27(18)13-21)20-8-10-23(22(12-20)16-38-40(3,35)36)24-14-28(37-2)32-15-25(24)31/h4,7-8,10,12-15,17,19,26,29H,5-6,9,11,16H2,1-3H3,(H,33,34)/t17-,26?,29-/m0/s1. The molecule has 2 aromatic carbocycles. The van der Waals surface area contributed by atoms with Crippen molar-refractivity contribution in [2.24, 2.45) is 11.8 Å². The Hall–Kier alpha value is -3.50. The number of methoxy groups -OCH3 is 1. The Bertz CT molecular complexity index is 1540. The predicted molar refractivity (Wildman–Crippen MR) is 146 cm³/mol. The quantitative estimate of drug-likeness (QED) is 0.312. The van der Waals surface area contributed by atoms with Gasteiger partial charge >= 0.3 is 5.97 Å². The van der Waals surface area contributed by atoms with Gasteiger partial charge in [-0.2, -0.15) is 8.42 Å². The molecule has 40 heavy (non-hydrogen) atoms. The molecule has 2 heterocycles. The molecule has 1 unspecified atom stereocenters. The highest BCUT2D eigenvalue weighted by atomic mass is 32.2. The van der Waals surface area contributed by atoms with Gasteiger partial charge < -0.3 is 14.6 Å². The number of halogens is 1. The lowest BCUT2D eigenvalue weighted by Crippen LogP contribution is -2.21. The number of carbonyl (C=O) groups is 1. The van der Waals surface area contributed by atoms with Gasteiger partial charge in [-0.15, -0.1) is 0 Å². The van der Waals surface area contributed by atoms with Crippen LogP contribution >= 0.6 is 0 Å². The van der Waals surface area contributed by atoms with Gasteiger partial charge in [0, 0.05) is 11.6 Å². The van der Waals surface area contributed by atoms with Gasteiger partial charge in [-0.1, -0.05) is 31.2 Å². The molecule has 3 aromatic rings. The maximum Gasteiger partial charge on any atom is 0.306 e. The van der Waals surface area contributed by atoms with E-state index in [0.29, 0.717) is 23.5 Å². The number of aromatic nitrogens is 1. The zero-order chi connectivity index (χ0) is 28.6. The van der Waals surface area contributed by atoms with Crippen LogP contribution < -0.4 is 9.47 Å². The monoisotopic (exact) mass is 569 g/mol. The maximum atomic E-state index is 14.8. The highest BCUT2D eigenvalue weighted by molar-refractivity contribution is 7.85. The first-order chi connectivity index (χ1) is 19.0. The molecule has 0 radical (unpaired) electrons. The van der Waals surface area contributed by atoms with Crippen molar-refractivity contribution in [3.8, 4) is 22.8 Å². The van der Waals surface area contributed by atoms with Crippen molar-refractivity contribution in [3.05, 3.63) is 76.7 Å².